The smallest absolute Gasteiger partial charge is 0.136 e. The summed E-state index contributed by atoms with van der Waals surface area (Å²) in [5.74, 6) is 0. The molecule has 66 valence electrons. The van der Waals surface area contributed by atoms with Gasteiger partial charge in [0.25, 0.3) is 0 Å². The zero-order valence-electron chi connectivity index (χ0n) is 7.41. The maximum absolute atomic E-state index is 4.26. The second kappa shape index (κ2) is 2.29. The molecule has 4 nitrogen and oxygen atoms in total. The Balaban J connectivity index is 2.51. The number of aromatic nitrogens is 3. The Morgan fingerprint density at radius 3 is 3.31 bits per heavy atom. The number of rotatable bonds is 0. The summed E-state index contributed by atoms with van der Waals surface area (Å²) in [6.45, 7) is 3.85. The Kier molecular flexibility index (Phi) is 1.24. The molecule has 13 heavy (non-hydrogen) atoms. The van der Waals surface area contributed by atoms with Crippen LogP contribution in [-0.4, -0.2) is 14.6 Å². The molecule has 1 N–H and O–H groups in total. The lowest BCUT2D eigenvalue weighted by atomic mass is 10.2. The van der Waals surface area contributed by atoms with Crippen LogP contribution in [0.15, 0.2) is 12.4 Å². The summed E-state index contributed by atoms with van der Waals surface area (Å²) in [6.07, 6.45) is 1.62. The van der Waals surface area contributed by atoms with Crippen molar-refractivity contribution in [3.8, 4) is 0 Å². The molecule has 0 fully saturated rings. The molecular weight excluding hydrogens is 164 g/mol. The van der Waals surface area contributed by atoms with Crippen LogP contribution in [0.3, 0.4) is 0 Å². The molecular formula is C9H10N4. The molecule has 1 aliphatic rings. The zero-order chi connectivity index (χ0) is 8.84. The van der Waals surface area contributed by atoms with E-state index in [0.29, 0.717) is 0 Å². The van der Waals surface area contributed by atoms with E-state index in [-0.39, 0.29) is 0 Å². The highest BCUT2D eigenvalue weighted by molar-refractivity contribution is 5.61. The first kappa shape index (κ1) is 7.03. The maximum Gasteiger partial charge on any atom is 0.136 e. The van der Waals surface area contributed by atoms with Gasteiger partial charge in [-0.25, -0.2) is 9.50 Å². The minimum absolute atomic E-state index is 0.850. The summed E-state index contributed by atoms with van der Waals surface area (Å²) >= 11 is 0. The van der Waals surface area contributed by atoms with Crippen molar-refractivity contribution >= 4 is 5.52 Å². The van der Waals surface area contributed by atoms with Crippen LogP contribution in [0, 0.1) is 6.92 Å². The summed E-state index contributed by atoms with van der Waals surface area (Å²) in [5.41, 5.74) is 4.78. The topological polar surface area (TPSA) is 42.2 Å². The highest BCUT2D eigenvalue weighted by Crippen LogP contribution is 2.20. The Morgan fingerprint density at radius 2 is 2.38 bits per heavy atom. The molecule has 3 rings (SSSR count). The lowest BCUT2D eigenvalue weighted by molar-refractivity contribution is 0.656. The van der Waals surface area contributed by atoms with Gasteiger partial charge in [0.1, 0.15) is 6.33 Å². The average molecular weight is 174 g/mol. The molecule has 1 aliphatic heterocycles. The van der Waals surface area contributed by atoms with Crippen LogP contribution in [0.1, 0.15) is 17.0 Å². The quantitative estimate of drug-likeness (QED) is 0.637. The van der Waals surface area contributed by atoms with Crippen LogP contribution in [0.4, 0.5) is 0 Å². The van der Waals surface area contributed by atoms with Gasteiger partial charge in [0.2, 0.25) is 0 Å². The van der Waals surface area contributed by atoms with Gasteiger partial charge in [0, 0.05) is 18.8 Å². The Morgan fingerprint density at radius 1 is 1.46 bits per heavy atom. The molecule has 0 radical (unpaired) electrons. The third-order valence-electron chi connectivity index (χ3n) is 2.50. The number of aryl methyl sites for hydroxylation is 1. The normalized spacial score (nSPS) is 15.2. The number of hydrogen-bond acceptors (Lipinski definition) is 3. The molecule has 0 saturated heterocycles. The molecule has 0 aliphatic carbocycles. The fourth-order valence-electron chi connectivity index (χ4n) is 1.94. The molecule has 0 atom stereocenters. The minimum atomic E-state index is 0.850. The monoisotopic (exact) mass is 174 g/mol. The second-order valence-corrected chi connectivity index (χ2v) is 3.38. The molecule has 0 saturated carbocycles. The summed E-state index contributed by atoms with van der Waals surface area (Å²) < 4.78 is 1.97. The lowest BCUT2D eigenvalue weighted by Gasteiger charge is -2.12. The Hall–Kier alpha value is -1.42. The molecule has 4 heteroatoms. The number of hydrogen-bond donors (Lipinski definition) is 1. The van der Waals surface area contributed by atoms with Crippen molar-refractivity contribution in [1.82, 2.24) is 19.9 Å². The third-order valence-corrected chi connectivity index (χ3v) is 2.50. The van der Waals surface area contributed by atoms with Gasteiger partial charge < -0.3 is 5.32 Å². The fraction of sp³-hybridized carbons (Fsp3) is 0.333. The number of nitrogens with one attached hydrogen (secondary N) is 1. The predicted octanol–water partition coefficient (Wildman–Crippen LogP) is 0.641. The van der Waals surface area contributed by atoms with E-state index in [9.17, 15) is 0 Å². The molecule has 0 bridgehead atoms. The molecule has 2 aromatic rings. The first-order valence-electron chi connectivity index (χ1n) is 4.38. The Labute approximate surface area is 75.6 Å². The molecule has 3 heterocycles. The van der Waals surface area contributed by atoms with Gasteiger partial charge in [-0.05, 0) is 18.6 Å². The van der Waals surface area contributed by atoms with Crippen molar-refractivity contribution in [3.63, 3.8) is 0 Å². The van der Waals surface area contributed by atoms with Crippen molar-refractivity contribution in [2.45, 2.75) is 20.0 Å². The van der Waals surface area contributed by atoms with Crippen LogP contribution < -0.4 is 5.32 Å². The van der Waals surface area contributed by atoms with Gasteiger partial charge >= 0.3 is 0 Å². The van der Waals surface area contributed by atoms with E-state index in [2.05, 4.69) is 28.4 Å². The summed E-state index contributed by atoms with van der Waals surface area (Å²) in [4.78, 5) is 4.26. The van der Waals surface area contributed by atoms with Crippen molar-refractivity contribution in [3.05, 3.63) is 29.3 Å². The molecule has 0 amide bonds. The van der Waals surface area contributed by atoms with Gasteiger partial charge in [-0.3, -0.25) is 0 Å². The third kappa shape index (κ3) is 0.833. The van der Waals surface area contributed by atoms with Gasteiger partial charge in [-0.2, -0.15) is 5.10 Å². The van der Waals surface area contributed by atoms with Gasteiger partial charge in [0.05, 0.1) is 11.2 Å². The fourth-order valence-corrected chi connectivity index (χ4v) is 1.94. The summed E-state index contributed by atoms with van der Waals surface area (Å²) in [7, 11) is 0. The van der Waals surface area contributed by atoms with Crippen LogP contribution in [0.5, 0.6) is 0 Å². The van der Waals surface area contributed by atoms with Crippen LogP contribution in [0.2, 0.25) is 0 Å². The first-order chi connectivity index (χ1) is 6.36. The molecule has 0 unspecified atom stereocenters. The Bertz CT molecular complexity index is 472. The van der Waals surface area contributed by atoms with Crippen molar-refractivity contribution < 1.29 is 0 Å². The minimum Gasteiger partial charge on any atom is -0.307 e. The zero-order valence-corrected chi connectivity index (χ0v) is 7.41. The van der Waals surface area contributed by atoms with Gasteiger partial charge in [-0.1, -0.05) is 0 Å². The van der Waals surface area contributed by atoms with E-state index in [1.54, 1.807) is 6.33 Å². The lowest BCUT2D eigenvalue weighted by Crippen LogP contribution is -2.19. The maximum atomic E-state index is 4.26. The van der Waals surface area contributed by atoms with Gasteiger partial charge in [0.15, 0.2) is 0 Å². The van der Waals surface area contributed by atoms with Crippen LogP contribution >= 0.6 is 0 Å². The van der Waals surface area contributed by atoms with Crippen molar-refractivity contribution in [1.29, 1.82) is 0 Å². The molecule has 0 aromatic carbocycles. The van der Waals surface area contributed by atoms with E-state index in [4.69, 9.17) is 0 Å². The van der Waals surface area contributed by atoms with Gasteiger partial charge in [-0.15, -0.1) is 0 Å². The van der Waals surface area contributed by atoms with E-state index in [1.807, 2.05) is 4.52 Å². The largest absolute Gasteiger partial charge is 0.307 e. The number of nitrogens with zero attached hydrogens (tertiary/aromatic N) is 3. The van der Waals surface area contributed by atoms with E-state index in [0.717, 1.165) is 18.8 Å². The molecule has 2 aromatic heterocycles. The summed E-state index contributed by atoms with van der Waals surface area (Å²) in [5, 5.41) is 7.53. The van der Waals surface area contributed by atoms with E-state index < -0.39 is 0 Å². The van der Waals surface area contributed by atoms with Crippen molar-refractivity contribution in [2.75, 3.05) is 0 Å². The van der Waals surface area contributed by atoms with Crippen molar-refractivity contribution in [2.24, 2.45) is 0 Å². The SMILES string of the molecule is Cc1cc2c3c(ncnn13)CNC2. The second-order valence-electron chi connectivity index (χ2n) is 3.38. The highest BCUT2D eigenvalue weighted by atomic mass is 15.2. The van der Waals surface area contributed by atoms with E-state index in [1.165, 1.54) is 16.8 Å². The predicted molar refractivity (Wildman–Crippen MR) is 48.3 cm³/mol. The van der Waals surface area contributed by atoms with Crippen LogP contribution in [-0.2, 0) is 13.1 Å². The van der Waals surface area contributed by atoms with E-state index >= 15 is 0 Å². The average Bonchev–Trinajstić information content (AvgIpc) is 2.47. The molecule has 0 spiro atoms. The summed E-state index contributed by atoms with van der Waals surface area (Å²) in [6, 6.07) is 2.17. The van der Waals surface area contributed by atoms with Crippen LogP contribution in [0.25, 0.3) is 5.52 Å². The standard InChI is InChI=1S/C9H10N4/c1-6-2-7-3-10-4-8-9(7)13(6)12-5-11-8/h2,5,10H,3-4H2,1H3. The highest BCUT2D eigenvalue weighted by Gasteiger charge is 2.15. The first-order valence-corrected chi connectivity index (χ1v) is 4.38.